The summed E-state index contributed by atoms with van der Waals surface area (Å²) >= 11 is 0. The summed E-state index contributed by atoms with van der Waals surface area (Å²) in [5.74, 6) is 0. The summed E-state index contributed by atoms with van der Waals surface area (Å²) in [5, 5.41) is 7.15. The highest BCUT2D eigenvalue weighted by Gasteiger charge is 2.52. The molecule has 0 aromatic heterocycles. The number of hydrogen-bond acceptors (Lipinski definition) is 4. The van der Waals surface area contributed by atoms with Gasteiger partial charge in [-0.2, -0.15) is 0 Å². The minimum absolute atomic E-state index is 0.380. The molecule has 1 aliphatic heterocycles. The maximum Gasteiger partial charge on any atom is 0.497 e. The van der Waals surface area contributed by atoms with Gasteiger partial charge in [0.2, 0.25) is 0 Å². The third-order valence-electron chi connectivity index (χ3n) is 2.88. The van der Waals surface area contributed by atoms with Gasteiger partial charge in [0, 0.05) is 11.7 Å². The van der Waals surface area contributed by atoms with Crippen LogP contribution >= 0.6 is 0 Å². The molecule has 78 valence electrons. The number of allylic oxidation sites excluding steroid dienone is 1. The van der Waals surface area contributed by atoms with Crippen molar-refractivity contribution >= 4 is 13.3 Å². The zero-order valence-electron chi connectivity index (χ0n) is 9.13. The average molecular weight is 196 g/mol. The molecule has 0 atom stereocenters. The lowest BCUT2D eigenvalue weighted by molar-refractivity contribution is 0.00578. The van der Waals surface area contributed by atoms with E-state index in [0.29, 0.717) is 5.47 Å². The van der Waals surface area contributed by atoms with E-state index in [4.69, 9.17) is 20.5 Å². The van der Waals surface area contributed by atoms with Crippen LogP contribution in [0, 0.1) is 5.41 Å². The summed E-state index contributed by atoms with van der Waals surface area (Å²) < 4.78 is 11.4. The molecular weight excluding hydrogens is 179 g/mol. The first-order valence-electron chi connectivity index (χ1n) is 4.62. The van der Waals surface area contributed by atoms with Crippen molar-refractivity contribution in [3.8, 4) is 0 Å². The molecule has 0 bridgehead atoms. The van der Waals surface area contributed by atoms with E-state index >= 15 is 0 Å². The monoisotopic (exact) mass is 196 g/mol. The van der Waals surface area contributed by atoms with Gasteiger partial charge in [0.1, 0.15) is 0 Å². The van der Waals surface area contributed by atoms with Gasteiger partial charge >= 0.3 is 7.12 Å². The van der Waals surface area contributed by atoms with Crippen LogP contribution < -0.4 is 5.73 Å². The van der Waals surface area contributed by atoms with Crippen LogP contribution in [0.1, 0.15) is 27.7 Å². The molecule has 4 nitrogen and oxygen atoms in total. The second-order valence-corrected chi connectivity index (χ2v) is 4.40. The van der Waals surface area contributed by atoms with Crippen LogP contribution in [0.15, 0.2) is 11.7 Å². The molecule has 0 spiro atoms. The minimum atomic E-state index is -0.525. The lowest BCUT2D eigenvalue weighted by Gasteiger charge is -2.32. The molecule has 5 heteroatoms. The van der Waals surface area contributed by atoms with Crippen LogP contribution in [0.3, 0.4) is 0 Å². The summed E-state index contributed by atoms with van der Waals surface area (Å²) in [7, 11) is -0.525. The van der Waals surface area contributed by atoms with Crippen LogP contribution in [-0.2, 0) is 9.31 Å². The Morgan fingerprint density at radius 1 is 1.21 bits per heavy atom. The van der Waals surface area contributed by atoms with E-state index in [1.54, 1.807) is 0 Å². The molecule has 0 unspecified atom stereocenters. The Morgan fingerprint density at radius 2 is 1.64 bits per heavy atom. The zero-order valence-corrected chi connectivity index (χ0v) is 9.13. The first kappa shape index (κ1) is 11.3. The molecule has 1 heterocycles. The normalized spacial score (nSPS) is 25.1. The van der Waals surface area contributed by atoms with Gasteiger partial charge in [-0.05, 0) is 33.9 Å². The highest BCUT2D eigenvalue weighted by Crippen LogP contribution is 2.37. The predicted octanol–water partition coefficient (Wildman–Crippen LogP) is 1.11. The van der Waals surface area contributed by atoms with E-state index in [1.807, 2.05) is 27.7 Å². The van der Waals surface area contributed by atoms with Crippen LogP contribution in [0.2, 0.25) is 0 Å². The predicted molar refractivity (Wildman–Crippen MR) is 57.1 cm³/mol. The molecule has 1 fully saturated rings. The van der Waals surface area contributed by atoms with Gasteiger partial charge in [-0.15, -0.1) is 0 Å². The van der Waals surface area contributed by atoms with Gasteiger partial charge in [-0.3, -0.25) is 0 Å². The van der Waals surface area contributed by atoms with Crippen molar-refractivity contribution in [2.75, 3.05) is 0 Å². The van der Waals surface area contributed by atoms with Crippen molar-refractivity contribution in [3.05, 3.63) is 11.7 Å². The van der Waals surface area contributed by atoms with Gasteiger partial charge in [0.15, 0.2) is 0 Å². The van der Waals surface area contributed by atoms with Crippen molar-refractivity contribution in [3.63, 3.8) is 0 Å². The van der Waals surface area contributed by atoms with E-state index in [0.717, 1.165) is 6.21 Å². The lowest BCUT2D eigenvalue weighted by Crippen LogP contribution is -2.41. The Labute approximate surface area is 85.1 Å². The first-order chi connectivity index (χ1) is 6.34. The highest BCUT2D eigenvalue weighted by molar-refractivity contribution is 6.60. The quantitative estimate of drug-likeness (QED) is 0.513. The van der Waals surface area contributed by atoms with Gasteiger partial charge in [-0.25, -0.2) is 0 Å². The van der Waals surface area contributed by atoms with Crippen LogP contribution in [0.25, 0.3) is 0 Å². The fraction of sp³-hybridized carbons (Fsp3) is 0.667. The van der Waals surface area contributed by atoms with Gasteiger partial charge in [-0.1, -0.05) is 0 Å². The molecule has 0 aliphatic carbocycles. The average Bonchev–Trinajstić information content (AvgIpc) is 2.23. The SMILES string of the molecule is CC1(C)OB(/C(C=N)=C/N)OC1(C)C. The standard InChI is InChI=1S/C9H17BN2O2/c1-8(2)9(3,4)14-10(13-8)7(5-11)6-12/h5-6,11H,12H2,1-4H3/b7-6+,11-5?. The Balaban J connectivity index is 2.88. The molecular formula is C9H17BN2O2. The second kappa shape index (κ2) is 3.40. The van der Waals surface area contributed by atoms with Crippen molar-refractivity contribution in [1.82, 2.24) is 0 Å². The molecule has 0 saturated carbocycles. The Hall–Kier alpha value is -0.805. The molecule has 1 aliphatic rings. The van der Waals surface area contributed by atoms with E-state index in [2.05, 4.69) is 0 Å². The maximum absolute atomic E-state index is 7.15. The minimum Gasteiger partial charge on any atom is -0.405 e. The molecule has 0 amide bonds. The third-order valence-corrected chi connectivity index (χ3v) is 2.88. The van der Waals surface area contributed by atoms with Gasteiger partial charge < -0.3 is 20.5 Å². The first-order valence-corrected chi connectivity index (χ1v) is 4.62. The van der Waals surface area contributed by atoms with E-state index in [1.165, 1.54) is 6.20 Å². The number of nitrogens with two attached hydrogens (primary N) is 1. The number of nitrogens with one attached hydrogen (secondary N) is 1. The molecule has 0 aromatic carbocycles. The Bertz CT molecular complexity index is 258. The van der Waals surface area contributed by atoms with Crippen molar-refractivity contribution < 1.29 is 9.31 Å². The van der Waals surface area contributed by atoms with Crippen molar-refractivity contribution in [2.45, 2.75) is 38.9 Å². The summed E-state index contributed by atoms with van der Waals surface area (Å²) in [6, 6.07) is 0. The molecule has 0 aromatic rings. The summed E-state index contributed by atoms with van der Waals surface area (Å²) in [6.07, 6.45) is 2.50. The summed E-state index contributed by atoms with van der Waals surface area (Å²) in [5.41, 5.74) is 5.15. The molecule has 1 saturated heterocycles. The zero-order chi connectivity index (χ0) is 11.0. The van der Waals surface area contributed by atoms with E-state index in [-0.39, 0.29) is 11.2 Å². The van der Waals surface area contributed by atoms with Crippen LogP contribution in [0.4, 0.5) is 0 Å². The summed E-state index contributed by atoms with van der Waals surface area (Å²) in [6.45, 7) is 7.85. The summed E-state index contributed by atoms with van der Waals surface area (Å²) in [4.78, 5) is 0. The molecule has 0 radical (unpaired) electrons. The fourth-order valence-corrected chi connectivity index (χ4v) is 1.17. The Morgan fingerprint density at radius 3 is 1.93 bits per heavy atom. The van der Waals surface area contributed by atoms with E-state index in [9.17, 15) is 0 Å². The van der Waals surface area contributed by atoms with Crippen molar-refractivity contribution in [2.24, 2.45) is 5.73 Å². The van der Waals surface area contributed by atoms with Crippen LogP contribution in [-0.4, -0.2) is 24.5 Å². The lowest BCUT2D eigenvalue weighted by atomic mass is 9.79. The van der Waals surface area contributed by atoms with Gasteiger partial charge in [0.25, 0.3) is 0 Å². The maximum atomic E-state index is 7.15. The smallest absolute Gasteiger partial charge is 0.405 e. The van der Waals surface area contributed by atoms with Gasteiger partial charge in [0.05, 0.1) is 11.2 Å². The second-order valence-electron chi connectivity index (χ2n) is 4.40. The molecule has 1 rings (SSSR count). The number of rotatable bonds is 2. The highest BCUT2D eigenvalue weighted by atomic mass is 16.7. The largest absolute Gasteiger partial charge is 0.497 e. The fourth-order valence-electron chi connectivity index (χ4n) is 1.17. The van der Waals surface area contributed by atoms with Crippen molar-refractivity contribution in [1.29, 1.82) is 5.41 Å². The Kier molecular flexibility index (Phi) is 2.74. The molecule has 14 heavy (non-hydrogen) atoms. The van der Waals surface area contributed by atoms with Crippen LogP contribution in [0.5, 0.6) is 0 Å². The number of hydrogen-bond donors (Lipinski definition) is 2. The van der Waals surface area contributed by atoms with E-state index < -0.39 is 7.12 Å². The topological polar surface area (TPSA) is 68.3 Å². The third kappa shape index (κ3) is 1.70. The molecule has 3 N–H and O–H groups in total.